The van der Waals surface area contributed by atoms with E-state index in [1.54, 1.807) is 31.2 Å². The summed E-state index contributed by atoms with van der Waals surface area (Å²) in [5.41, 5.74) is 0.0196. The highest BCUT2D eigenvalue weighted by Gasteiger charge is 2.44. The molecule has 1 N–H and O–H groups in total. The largest absolute Gasteiger partial charge is 0.388 e. The lowest BCUT2D eigenvalue weighted by molar-refractivity contribution is -0.0292. The molecule has 0 aliphatic carbocycles. The monoisotopic (exact) mass is 361 g/mol. The second-order valence-corrected chi connectivity index (χ2v) is 8.10. The third-order valence-electron chi connectivity index (χ3n) is 3.90. The van der Waals surface area contributed by atoms with E-state index in [1.165, 1.54) is 4.31 Å². The second-order valence-electron chi connectivity index (χ2n) is 5.56. The van der Waals surface area contributed by atoms with Gasteiger partial charge in [-0.2, -0.15) is 4.31 Å². The number of benzene rings is 1. The number of sulfonamides is 1. The van der Waals surface area contributed by atoms with Crippen molar-refractivity contribution in [1.82, 2.24) is 4.31 Å². The van der Waals surface area contributed by atoms with Gasteiger partial charge in [0.05, 0.1) is 16.5 Å². The Hall–Kier alpha value is -0.430. The fourth-order valence-corrected chi connectivity index (χ4v) is 5.60. The molecule has 2 rings (SSSR count). The van der Waals surface area contributed by atoms with E-state index in [2.05, 4.69) is 15.9 Å². The third-order valence-corrected chi connectivity index (χ3v) is 6.44. The maximum Gasteiger partial charge on any atom is 0.243 e. The first kappa shape index (κ1) is 15.9. The molecule has 0 saturated carbocycles. The zero-order valence-electron chi connectivity index (χ0n) is 11.7. The van der Waals surface area contributed by atoms with Crippen LogP contribution in [0.2, 0.25) is 0 Å². The molecule has 0 spiro atoms. The molecule has 2 atom stereocenters. The molecule has 0 bridgehead atoms. The van der Waals surface area contributed by atoms with Crippen LogP contribution in [0.4, 0.5) is 0 Å². The number of hydrogen-bond acceptors (Lipinski definition) is 3. The lowest BCUT2D eigenvalue weighted by Gasteiger charge is -2.43. The third kappa shape index (κ3) is 2.93. The fourth-order valence-electron chi connectivity index (χ4n) is 2.60. The molecule has 112 valence electrons. The van der Waals surface area contributed by atoms with Crippen LogP contribution in [0.3, 0.4) is 0 Å². The topological polar surface area (TPSA) is 57.6 Å². The molecule has 1 aliphatic rings. The van der Waals surface area contributed by atoms with Gasteiger partial charge in [0.1, 0.15) is 0 Å². The minimum absolute atomic E-state index is 0.284. The number of halogens is 1. The molecular formula is C14H20BrNO3S. The standard InChI is InChI=1S/C14H20BrNO3S/c1-11-4-6-12(7-5-11)20(18,19)16-9-3-8-14(2,17)13(16)10-15/h4-7,13,17H,3,8-10H2,1-2H3. The summed E-state index contributed by atoms with van der Waals surface area (Å²) < 4.78 is 26.9. The van der Waals surface area contributed by atoms with E-state index in [4.69, 9.17) is 0 Å². The van der Waals surface area contributed by atoms with Crippen LogP contribution in [0.1, 0.15) is 25.3 Å². The van der Waals surface area contributed by atoms with Crippen molar-refractivity contribution in [1.29, 1.82) is 0 Å². The molecule has 1 heterocycles. The first-order valence-electron chi connectivity index (χ1n) is 6.66. The average molecular weight is 362 g/mol. The first-order valence-corrected chi connectivity index (χ1v) is 9.22. The Bertz CT molecular complexity index is 569. The van der Waals surface area contributed by atoms with Crippen molar-refractivity contribution in [3.63, 3.8) is 0 Å². The number of rotatable bonds is 3. The van der Waals surface area contributed by atoms with Gasteiger partial charge in [-0.15, -0.1) is 0 Å². The van der Waals surface area contributed by atoms with Crippen molar-refractivity contribution in [3.8, 4) is 0 Å². The van der Waals surface area contributed by atoms with Crippen molar-refractivity contribution >= 4 is 26.0 Å². The van der Waals surface area contributed by atoms with E-state index in [0.29, 0.717) is 24.7 Å². The quantitative estimate of drug-likeness (QED) is 0.840. The molecule has 1 fully saturated rings. The van der Waals surface area contributed by atoms with E-state index >= 15 is 0 Å². The van der Waals surface area contributed by atoms with E-state index in [9.17, 15) is 13.5 Å². The van der Waals surface area contributed by atoms with Crippen LogP contribution in [0.25, 0.3) is 0 Å². The molecule has 0 amide bonds. The van der Waals surface area contributed by atoms with Crippen LogP contribution in [-0.2, 0) is 10.0 Å². The van der Waals surface area contributed by atoms with Gasteiger partial charge in [-0.3, -0.25) is 0 Å². The minimum Gasteiger partial charge on any atom is -0.388 e. The Morgan fingerprint density at radius 2 is 2.00 bits per heavy atom. The predicted octanol–water partition coefficient (Wildman–Crippen LogP) is 2.29. The Labute approximate surface area is 129 Å². The lowest BCUT2D eigenvalue weighted by atomic mass is 9.89. The van der Waals surface area contributed by atoms with Gasteiger partial charge >= 0.3 is 0 Å². The van der Waals surface area contributed by atoms with Crippen molar-refractivity contribution in [2.24, 2.45) is 0 Å². The van der Waals surface area contributed by atoms with Gasteiger partial charge < -0.3 is 5.11 Å². The summed E-state index contributed by atoms with van der Waals surface area (Å²) in [4.78, 5) is 0.284. The smallest absolute Gasteiger partial charge is 0.243 e. The van der Waals surface area contributed by atoms with E-state index < -0.39 is 21.7 Å². The number of alkyl halides is 1. The summed E-state index contributed by atoms with van der Waals surface area (Å²) in [6.07, 6.45) is 1.28. The van der Waals surface area contributed by atoms with E-state index in [-0.39, 0.29) is 4.90 Å². The van der Waals surface area contributed by atoms with Crippen LogP contribution in [0, 0.1) is 6.92 Å². The van der Waals surface area contributed by atoms with Crippen molar-refractivity contribution in [3.05, 3.63) is 29.8 Å². The molecule has 6 heteroatoms. The molecule has 4 nitrogen and oxygen atoms in total. The van der Waals surface area contributed by atoms with Crippen molar-refractivity contribution in [2.75, 3.05) is 11.9 Å². The summed E-state index contributed by atoms with van der Waals surface area (Å²) in [6, 6.07) is 6.39. The molecule has 2 unspecified atom stereocenters. The number of piperidine rings is 1. The summed E-state index contributed by atoms with van der Waals surface area (Å²) in [5.74, 6) is 0. The van der Waals surface area contributed by atoms with Crippen molar-refractivity contribution in [2.45, 2.75) is 43.2 Å². The van der Waals surface area contributed by atoms with Crippen LogP contribution in [-0.4, -0.2) is 41.3 Å². The summed E-state index contributed by atoms with van der Waals surface area (Å²) in [6.45, 7) is 4.07. The normalized spacial score (nSPS) is 28.5. The van der Waals surface area contributed by atoms with E-state index in [1.807, 2.05) is 6.92 Å². The predicted molar refractivity (Wildman–Crippen MR) is 82.5 cm³/mol. The second kappa shape index (κ2) is 5.75. The SMILES string of the molecule is Cc1ccc(S(=O)(=O)N2CCCC(C)(O)C2CBr)cc1. The van der Waals surface area contributed by atoms with Gasteiger partial charge in [0.2, 0.25) is 10.0 Å². The Morgan fingerprint density at radius 1 is 1.40 bits per heavy atom. The maximum atomic E-state index is 12.7. The van der Waals surface area contributed by atoms with Crippen LogP contribution in [0.5, 0.6) is 0 Å². The maximum absolute atomic E-state index is 12.7. The van der Waals surface area contributed by atoms with Crippen LogP contribution < -0.4 is 0 Å². The van der Waals surface area contributed by atoms with Gasteiger partial charge in [-0.25, -0.2) is 8.42 Å². The van der Waals surface area contributed by atoms with Gasteiger partial charge in [-0.05, 0) is 38.8 Å². The highest BCUT2D eigenvalue weighted by atomic mass is 79.9. The highest BCUT2D eigenvalue weighted by Crippen LogP contribution is 2.33. The number of nitrogens with zero attached hydrogens (tertiary/aromatic N) is 1. The average Bonchev–Trinajstić information content (AvgIpc) is 2.37. The number of hydrogen-bond donors (Lipinski definition) is 1. The molecule has 0 radical (unpaired) electrons. The molecule has 1 aliphatic heterocycles. The molecule has 1 aromatic rings. The van der Waals surface area contributed by atoms with Gasteiger partial charge in [0.15, 0.2) is 0 Å². The van der Waals surface area contributed by atoms with Crippen LogP contribution in [0.15, 0.2) is 29.2 Å². The molecular weight excluding hydrogens is 342 g/mol. The van der Waals surface area contributed by atoms with Gasteiger partial charge in [0, 0.05) is 11.9 Å². The van der Waals surface area contributed by atoms with Gasteiger partial charge in [-0.1, -0.05) is 33.6 Å². The number of aryl methyl sites for hydroxylation is 1. The lowest BCUT2D eigenvalue weighted by Crippen LogP contribution is -2.57. The van der Waals surface area contributed by atoms with Crippen LogP contribution >= 0.6 is 15.9 Å². The zero-order valence-corrected chi connectivity index (χ0v) is 14.1. The zero-order chi connectivity index (χ0) is 15.0. The first-order chi connectivity index (χ1) is 9.29. The fraction of sp³-hybridized carbons (Fsp3) is 0.571. The summed E-state index contributed by atoms with van der Waals surface area (Å²) in [7, 11) is -3.57. The Kier molecular flexibility index (Phi) is 4.59. The molecule has 0 aromatic heterocycles. The summed E-state index contributed by atoms with van der Waals surface area (Å²) in [5, 5.41) is 10.8. The summed E-state index contributed by atoms with van der Waals surface area (Å²) >= 11 is 3.34. The number of aliphatic hydroxyl groups is 1. The molecule has 20 heavy (non-hydrogen) atoms. The Balaban J connectivity index is 2.39. The van der Waals surface area contributed by atoms with Gasteiger partial charge in [0.25, 0.3) is 0 Å². The van der Waals surface area contributed by atoms with Crippen molar-refractivity contribution < 1.29 is 13.5 Å². The van der Waals surface area contributed by atoms with E-state index in [0.717, 1.165) is 5.56 Å². The Morgan fingerprint density at radius 3 is 2.55 bits per heavy atom. The minimum atomic E-state index is -3.57. The molecule has 1 aromatic carbocycles. The molecule has 1 saturated heterocycles. The highest BCUT2D eigenvalue weighted by molar-refractivity contribution is 9.09.